The lowest BCUT2D eigenvalue weighted by molar-refractivity contribution is -0.118. The Hall–Kier alpha value is -3.12. The number of hydrogen-bond donors (Lipinski definition) is 0. The molecule has 0 saturated heterocycles. The third-order valence-corrected chi connectivity index (χ3v) is 6.13. The van der Waals surface area contributed by atoms with Crippen LogP contribution in [0.2, 0.25) is 0 Å². The fraction of sp³-hybridized carbons (Fsp3) is 0.250. The predicted octanol–water partition coefficient (Wildman–Crippen LogP) is 5.68. The highest BCUT2D eigenvalue weighted by molar-refractivity contribution is 7.22. The number of aromatic nitrogens is 1. The summed E-state index contributed by atoms with van der Waals surface area (Å²) in [6.07, 6.45) is 1.90. The number of rotatable bonds is 7. The van der Waals surface area contributed by atoms with Gasteiger partial charge in [0.1, 0.15) is 11.5 Å². The zero-order valence-corrected chi connectivity index (χ0v) is 18.2. The lowest BCUT2D eigenvalue weighted by Gasteiger charge is -2.19. The first-order valence-corrected chi connectivity index (χ1v) is 10.8. The van der Waals surface area contributed by atoms with Gasteiger partial charge >= 0.3 is 0 Å². The topological polar surface area (TPSA) is 55.6 Å². The van der Waals surface area contributed by atoms with E-state index in [1.54, 1.807) is 11.2 Å². The van der Waals surface area contributed by atoms with Crippen molar-refractivity contribution in [3.05, 3.63) is 77.2 Å². The van der Waals surface area contributed by atoms with Gasteiger partial charge in [0.25, 0.3) is 0 Å². The van der Waals surface area contributed by atoms with Crippen LogP contribution in [-0.4, -0.2) is 17.5 Å². The number of ether oxygens (including phenoxy) is 1. The Labute approximate surface area is 179 Å². The minimum absolute atomic E-state index is 0.0241. The molecular formula is C24H24N2O3S. The van der Waals surface area contributed by atoms with Crippen LogP contribution in [0.1, 0.15) is 29.4 Å². The average Bonchev–Trinajstić information content (AvgIpc) is 3.40. The highest BCUT2D eigenvalue weighted by atomic mass is 32.1. The first-order chi connectivity index (χ1) is 14.5. The van der Waals surface area contributed by atoms with Crippen molar-refractivity contribution >= 4 is 32.6 Å². The van der Waals surface area contributed by atoms with Gasteiger partial charge < -0.3 is 9.15 Å². The van der Waals surface area contributed by atoms with E-state index in [0.29, 0.717) is 18.3 Å². The monoisotopic (exact) mass is 420 g/mol. The van der Waals surface area contributed by atoms with Crippen LogP contribution in [-0.2, 0) is 17.8 Å². The molecule has 154 valence electrons. The second-order valence-electron chi connectivity index (χ2n) is 7.16. The third kappa shape index (κ3) is 4.24. The number of carbonyl (C=O) groups is 1. The number of furan rings is 1. The first-order valence-electron chi connectivity index (χ1n) is 9.96. The minimum Gasteiger partial charge on any atom is -0.494 e. The third-order valence-electron chi connectivity index (χ3n) is 5.09. The van der Waals surface area contributed by atoms with Crippen LogP contribution in [0.15, 0.2) is 59.2 Å². The Morgan fingerprint density at radius 2 is 1.93 bits per heavy atom. The van der Waals surface area contributed by atoms with E-state index in [-0.39, 0.29) is 12.3 Å². The van der Waals surface area contributed by atoms with E-state index < -0.39 is 0 Å². The lowest BCUT2D eigenvalue weighted by atomic mass is 10.1. The molecule has 0 radical (unpaired) electrons. The molecule has 0 saturated carbocycles. The molecule has 0 unspecified atom stereocenters. The van der Waals surface area contributed by atoms with Crippen molar-refractivity contribution in [2.24, 2.45) is 0 Å². The number of nitrogens with zero attached hydrogens (tertiary/aromatic N) is 2. The molecule has 0 bridgehead atoms. The number of fused-ring (bicyclic) bond motifs is 1. The van der Waals surface area contributed by atoms with E-state index in [1.807, 2.05) is 43.3 Å². The Bertz CT molecular complexity index is 1150. The van der Waals surface area contributed by atoms with Gasteiger partial charge in [-0.05, 0) is 67.8 Å². The molecule has 0 aliphatic heterocycles. The van der Waals surface area contributed by atoms with Crippen LogP contribution in [0.5, 0.6) is 5.75 Å². The highest BCUT2D eigenvalue weighted by Crippen LogP contribution is 2.33. The smallest absolute Gasteiger partial charge is 0.233 e. The number of carbonyl (C=O) groups excluding carboxylic acids is 1. The number of benzene rings is 2. The van der Waals surface area contributed by atoms with E-state index >= 15 is 0 Å². The Morgan fingerprint density at radius 3 is 2.63 bits per heavy atom. The van der Waals surface area contributed by atoms with Crippen molar-refractivity contribution < 1.29 is 13.9 Å². The van der Waals surface area contributed by atoms with E-state index in [0.717, 1.165) is 32.9 Å². The van der Waals surface area contributed by atoms with Crippen LogP contribution in [0.4, 0.5) is 5.13 Å². The molecule has 2 heterocycles. The van der Waals surface area contributed by atoms with E-state index in [4.69, 9.17) is 14.1 Å². The molecule has 2 aromatic carbocycles. The summed E-state index contributed by atoms with van der Waals surface area (Å²) in [5.41, 5.74) is 4.22. The number of amides is 1. The summed E-state index contributed by atoms with van der Waals surface area (Å²) in [6, 6.07) is 15.5. The lowest BCUT2D eigenvalue weighted by Crippen LogP contribution is -2.31. The average molecular weight is 421 g/mol. The van der Waals surface area contributed by atoms with Gasteiger partial charge in [0.15, 0.2) is 5.13 Å². The number of anilines is 1. The van der Waals surface area contributed by atoms with Crippen LogP contribution in [0.25, 0.3) is 10.2 Å². The minimum atomic E-state index is -0.0241. The molecule has 6 heteroatoms. The summed E-state index contributed by atoms with van der Waals surface area (Å²) in [7, 11) is 0. The Kier molecular flexibility index (Phi) is 5.86. The Balaban J connectivity index is 1.64. The van der Waals surface area contributed by atoms with Crippen molar-refractivity contribution in [2.75, 3.05) is 11.5 Å². The summed E-state index contributed by atoms with van der Waals surface area (Å²) in [6.45, 7) is 7.06. The molecule has 30 heavy (non-hydrogen) atoms. The molecule has 1 amide bonds. The summed E-state index contributed by atoms with van der Waals surface area (Å²) >= 11 is 1.53. The molecule has 0 fully saturated rings. The summed E-state index contributed by atoms with van der Waals surface area (Å²) in [5, 5.41) is 0.686. The summed E-state index contributed by atoms with van der Waals surface area (Å²) < 4.78 is 12.1. The van der Waals surface area contributed by atoms with Crippen molar-refractivity contribution in [1.29, 1.82) is 0 Å². The largest absolute Gasteiger partial charge is 0.494 e. The maximum Gasteiger partial charge on any atom is 0.233 e. The number of thiazole rings is 1. The summed E-state index contributed by atoms with van der Waals surface area (Å²) in [5.74, 6) is 1.50. The molecule has 4 aromatic rings. The van der Waals surface area contributed by atoms with Gasteiger partial charge in [0.2, 0.25) is 5.91 Å². The SMILES string of the molecule is CCOc1ccc(CC(=O)N(Cc2ccco2)c2nc3c(C)c(C)ccc3s2)cc1. The summed E-state index contributed by atoms with van der Waals surface area (Å²) in [4.78, 5) is 19.8. The van der Waals surface area contributed by atoms with Gasteiger partial charge in [-0.25, -0.2) is 4.98 Å². The van der Waals surface area contributed by atoms with Crippen LogP contribution >= 0.6 is 11.3 Å². The molecule has 0 N–H and O–H groups in total. The molecule has 4 rings (SSSR count). The fourth-order valence-corrected chi connectivity index (χ4v) is 4.33. The van der Waals surface area contributed by atoms with Gasteiger partial charge in [0.05, 0.1) is 36.1 Å². The van der Waals surface area contributed by atoms with Crippen molar-refractivity contribution in [1.82, 2.24) is 4.98 Å². The van der Waals surface area contributed by atoms with Crippen molar-refractivity contribution in [3.63, 3.8) is 0 Å². The van der Waals surface area contributed by atoms with Crippen LogP contribution < -0.4 is 9.64 Å². The van der Waals surface area contributed by atoms with Gasteiger partial charge in [-0.1, -0.05) is 29.5 Å². The molecule has 0 aliphatic rings. The van der Waals surface area contributed by atoms with Gasteiger partial charge in [-0.15, -0.1) is 0 Å². The normalized spacial score (nSPS) is 11.0. The molecule has 2 aromatic heterocycles. The van der Waals surface area contributed by atoms with Crippen molar-refractivity contribution in [3.8, 4) is 5.75 Å². The van der Waals surface area contributed by atoms with E-state index in [9.17, 15) is 4.79 Å². The standard InChI is InChI=1S/C24H24N2O3S/c1-4-28-19-10-8-18(9-11-19)14-22(27)26(15-20-6-5-13-29-20)24-25-23-17(3)16(2)7-12-21(23)30-24/h5-13H,4,14-15H2,1-3H3. The van der Waals surface area contributed by atoms with Gasteiger partial charge in [0, 0.05) is 0 Å². The first kappa shape index (κ1) is 20.2. The van der Waals surface area contributed by atoms with Crippen LogP contribution in [0, 0.1) is 13.8 Å². The highest BCUT2D eigenvalue weighted by Gasteiger charge is 2.22. The molecule has 0 aliphatic carbocycles. The number of hydrogen-bond acceptors (Lipinski definition) is 5. The predicted molar refractivity (Wildman–Crippen MR) is 120 cm³/mol. The molecule has 5 nitrogen and oxygen atoms in total. The maximum atomic E-state index is 13.3. The molecule has 0 atom stereocenters. The quantitative estimate of drug-likeness (QED) is 0.386. The Morgan fingerprint density at radius 1 is 1.13 bits per heavy atom. The zero-order chi connectivity index (χ0) is 21.1. The maximum absolute atomic E-state index is 13.3. The van der Waals surface area contributed by atoms with E-state index in [2.05, 4.69) is 26.0 Å². The second kappa shape index (κ2) is 8.71. The van der Waals surface area contributed by atoms with Crippen LogP contribution in [0.3, 0.4) is 0 Å². The molecular weight excluding hydrogens is 396 g/mol. The molecule has 0 spiro atoms. The van der Waals surface area contributed by atoms with Crippen molar-refractivity contribution in [2.45, 2.75) is 33.7 Å². The van der Waals surface area contributed by atoms with Gasteiger partial charge in [-0.3, -0.25) is 9.69 Å². The fourth-order valence-electron chi connectivity index (χ4n) is 3.29. The zero-order valence-electron chi connectivity index (χ0n) is 17.3. The van der Waals surface area contributed by atoms with E-state index in [1.165, 1.54) is 16.9 Å². The van der Waals surface area contributed by atoms with Gasteiger partial charge in [-0.2, -0.15) is 0 Å². The second-order valence-corrected chi connectivity index (χ2v) is 8.17. The number of aryl methyl sites for hydroxylation is 2.